The zero-order valence-corrected chi connectivity index (χ0v) is 18.1. The standard InChI is InChI=1S/C24H42N2/c1-8-10-20(11-9-2)12-13-21-15-22(17(3)4)24(14-19(7)26-25)23(16-21)18(5)6/h15-18,20,26H,7-14,25H2,1-6H3. The van der Waals surface area contributed by atoms with Crippen molar-refractivity contribution in [1.29, 1.82) is 0 Å². The number of hydrogen-bond acceptors (Lipinski definition) is 2. The van der Waals surface area contributed by atoms with E-state index in [-0.39, 0.29) is 0 Å². The van der Waals surface area contributed by atoms with Crippen LogP contribution in [0.5, 0.6) is 0 Å². The molecule has 0 saturated heterocycles. The summed E-state index contributed by atoms with van der Waals surface area (Å²) >= 11 is 0. The van der Waals surface area contributed by atoms with E-state index in [1.54, 1.807) is 0 Å². The Bertz CT molecular complexity index is 522. The summed E-state index contributed by atoms with van der Waals surface area (Å²) in [5.41, 5.74) is 9.46. The van der Waals surface area contributed by atoms with Crippen LogP contribution in [0.1, 0.15) is 108 Å². The highest BCUT2D eigenvalue weighted by Crippen LogP contribution is 2.32. The third-order valence-electron chi connectivity index (χ3n) is 5.45. The monoisotopic (exact) mass is 358 g/mol. The van der Waals surface area contributed by atoms with Gasteiger partial charge in [0.25, 0.3) is 0 Å². The Labute approximate surface area is 162 Å². The fraction of sp³-hybridized carbons (Fsp3) is 0.667. The molecule has 0 aliphatic heterocycles. The molecule has 26 heavy (non-hydrogen) atoms. The van der Waals surface area contributed by atoms with E-state index in [1.807, 2.05) is 0 Å². The molecule has 0 spiro atoms. The highest BCUT2D eigenvalue weighted by Gasteiger charge is 2.17. The van der Waals surface area contributed by atoms with E-state index in [0.717, 1.165) is 18.0 Å². The molecular formula is C24H42N2. The highest BCUT2D eigenvalue weighted by molar-refractivity contribution is 5.44. The minimum atomic E-state index is 0.509. The first-order valence-corrected chi connectivity index (χ1v) is 10.6. The largest absolute Gasteiger partial charge is 0.329 e. The second-order valence-electron chi connectivity index (χ2n) is 8.47. The Hall–Kier alpha value is -1.28. The van der Waals surface area contributed by atoms with Gasteiger partial charge < -0.3 is 5.43 Å². The van der Waals surface area contributed by atoms with Crippen LogP contribution in [-0.4, -0.2) is 0 Å². The molecule has 0 aliphatic rings. The van der Waals surface area contributed by atoms with Gasteiger partial charge >= 0.3 is 0 Å². The van der Waals surface area contributed by atoms with E-state index in [2.05, 4.69) is 65.7 Å². The normalized spacial score (nSPS) is 11.6. The fourth-order valence-electron chi connectivity index (χ4n) is 4.05. The minimum absolute atomic E-state index is 0.509. The third-order valence-corrected chi connectivity index (χ3v) is 5.45. The Morgan fingerprint density at radius 3 is 1.85 bits per heavy atom. The molecule has 2 heteroatoms. The maximum atomic E-state index is 5.59. The number of benzene rings is 1. The van der Waals surface area contributed by atoms with Gasteiger partial charge in [0.05, 0.1) is 0 Å². The average molecular weight is 359 g/mol. The molecule has 0 unspecified atom stereocenters. The molecule has 0 fully saturated rings. The van der Waals surface area contributed by atoms with E-state index in [9.17, 15) is 0 Å². The second kappa shape index (κ2) is 11.4. The van der Waals surface area contributed by atoms with Crippen LogP contribution in [0.2, 0.25) is 0 Å². The number of hydrazine groups is 1. The zero-order valence-electron chi connectivity index (χ0n) is 18.1. The van der Waals surface area contributed by atoms with E-state index in [4.69, 9.17) is 5.84 Å². The summed E-state index contributed by atoms with van der Waals surface area (Å²) in [6.45, 7) is 17.9. The summed E-state index contributed by atoms with van der Waals surface area (Å²) in [6, 6.07) is 4.90. The molecule has 1 rings (SSSR count). The molecule has 148 valence electrons. The maximum absolute atomic E-state index is 5.59. The van der Waals surface area contributed by atoms with Gasteiger partial charge in [-0.15, -0.1) is 0 Å². The summed E-state index contributed by atoms with van der Waals surface area (Å²) in [5, 5.41) is 0. The predicted octanol–water partition coefficient (Wildman–Crippen LogP) is 6.60. The van der Waals surface area contributed by atoms with Gasteiger partial charge in [-0.25, -0.2) is 0 Å². The van der Waals surface area contributed by atoms with Gasteiger partial charge in [0.2, 0.25) is 0 Å². The smallest absolute Gasteiger partial charge is 0.0231 e. The topological polar surface area (TPSA) is 38.0 Å². The quantitative estimate of drug-likeness (QED) is 0.326. The molecule has 0 bridgehead atoms. The van der Waals surface area contributed by atoms with Crippen molar-refractivity contribution in [3.8, 4) is 0 Å². The van der Waals surface area contributed by atoms with E-state index < -0.39 is 0 Å². The Morgan fingerprint density at radius 1 is 0.962 bits per heavy atom. The van der Waals surface area contributed by atoms with Crippen LogP contribution < -0.4 is 11.3 Å². The van der Waals surface area contributed by atoms with Crippen LogP contribution in [0.4, 0.5) is 0 Å². The van der Waals surface area contributed by atoms with Crippen molar-refractivity contribution >= 4 is 0 Å². The van der Waals surface area contributed by atoms with Crippen LogP contribution in [-0.2, 0) is 12.8 Å². The minimum Gasteiger partial charge on any atom is -0.329 e. The fourth-order valence-corrected chi connectivity index (χ4v) is 4.05. The Balaban J connectivity index is 3.16. The number of allylic oxidation sites excluding steroid dienone is 1. The highest BCUT2D eigenvalue weighted by atomic mass is 15.2. The summed E-state index contributed by atoms with van der Waals surface area (Å²) in [5.74, 6) is 7.48. The lowest BCUT2D eigenvalue weighted by Crippen LogP contribution is -2.22. The van der Waals surface area contributed by atoms with Crippen LogP contribution in [0.15, 0.2) is 24.4 Å². The number of hydrogen-bond donors (Lipinski definition) is 2. The molecule has 0 aromatic heterocycles. The lowest BCUT2D eigenvalue weighted by molar-refractivity contribution is 0.411. The van der Waals surface area contributed by atoms with Crippen LogP contribution in [0.25, 0.3) is 0 Å². The molecule has 1 aromatic carbocycles. The van der Waals surface area contributed by atoms with Crippen molar-refractivity contribution in [2.75, 3.05) is 0 Å². The molecule has 0 saturated carbocycles. The lowest BCUT2D eigenvalue weighted by Gasteiger charge is -2.23. The van der Waals surface area contributed by atoms with Gasteiger partial charge in [-0.05, 0) is 52.8 Å². The Kier molecular flexibility index (Phi) is 10.0. The van der Waals surface area contributed by atoms with Gasteiger partial charge in [-0.2, -0.15) is 0 Å². The van der Waals surface area contributed by atoms with Crippen molar-refractivity contribution in [2.24, 2.45) is 11.8 Å². The summed E-state index contributed by atoms with van der Waals surface area (Å²) in [6.07, 6.45) is 8.64. The third kappa shape index (κ3) is 6.79. The summed E-state index contributed by atoms with van der Waals surface area (Å²) in [7, 11) is 0. The van der Waals surface area contributed by atoms with Gasteiger partial charge in [0, 0.05) is 12.1 Å². The number of rotatable bonds is 12. The van der Waals surface area contributed by atoms with Crippen molar-refractivity contribution in [1.82, 2.24) is 5.43 Å². The van der Waals surface area contributed by atoms with Gasteiger partial charge in [0.15, 0.2) is 0 Å². The number of nitrogens with two attached hydrogens (primary N) is 1. The predicted molar refractivity (Wildman–Crippen MR) is 116 cm³/mol. The van der Waals surface area contributed by atoms with E-state index >= 15 is 0 Å². The first-order chi connectivity index (χ1) is 12.3. The van der Waals surface area contributed by atoms with Crippen molar-refractivity contribution in [3.05, 3.63) is 46.7 Å². The van der Waals surface area contributed by atoms with E-state index in [0.29, 0.717) is 11.8 Å². The molecule has 2 nitrogen and oxygen atoms in total. The van der Waals surface area contributed by atoms with Crippen LogP contribution in [0, 0.1) is 5.92 Å². The molecule has 0 heterocycles. The zero-order chi connectivity index (χ0) is 19.7. The maximum Gasteiger partial charge on any atom is 0.0231 e. The Morgan fingerprint density at radius 2 is 1.46 bits per heavy atom. The molecule has 0 radical (unpaired) electrons. The molecule has 0 aliphatic carbocycles. The van der Waals surface area contributed by atoms with E-state index in [1.165, 1.54) is 60.8 Å². The molecule has 3 N–H and O–H groups in total. The molecule has 0 amide bonds. The van der Waals surface area contributed by atoms with Crippen molar-refractivity contribution in [3.63, 3.8) is 0 Å². The molecular weight excluding hydrogens is 316 g/mol. The first-order valence-electron chi connectivity index (χ1n) is 10.6. The van der Waals surface area contributed by atoms with Crippen LogP contribution >= 0.6 is 0 Å². The lowest BCUT2D eigenvalue weighted by atomic mass is 9.83. The first kappa shape index (κ1) is 22.8. The summed E-state index contributed by atoms with van der Waals surface area (Å²) in [4.78, 5) is 0. The second-order valence-corrected chi connectivity index (χ2v) is 8.47. The van der Waals surface area contributed by atoms with Gasteiger partial charge in [0.1, 0.15) is 0 Å². The molecule has 0 atom stereocenters. The van der Waals surface area contributed by atoms with Crippen LogP contribution in [0.3, 0.4) is 0 Å². The van der Waals surface area contributed by atoms with Gasteiger partial charge in [-0.3, -0.25) is 5.84 Å². The number of nitrogens with one attached hydrogen (secondary N) is 1. The molecule has 1 aromatic rings. The number of aryl methyl sites for hydroxylation is 1. The summed E-state index contributed by atoms with van der Waals surface area (Å²) < 4.78 is 0. The van der Waals surface area contributed by atoms with Crippen molar-refractivity contribution in [2.45, 2.75) is 98.3 Å². The SMILES string of the molecule is C=C(Cc1c(C(C)C)cc(CCC(CCC)CCC)cc1C(C)C)NN. The van der Waals surface area contributed by atoms with Crippen molar-refractivity contribution < 1.29 is 0 Å². The van der Waals surface area contributed by atoms with Gasteiger partial charge in [-0.1, -0.05) is 85.9 Å². The average Bonchev–Trinajstić information content (AvgIpc) is 2.59.